The van der Waals surface area contributed by atoms with Crippen molar-refractivity contribution in [1.29, 1.82) is 0 Å². The Morgan fingerprint density at radius 1 is 1.42 bits per heavy atom. The molecule has 24 heavy (non-hydrogen) atoms. The van der Waals surface area contributed by atoms with E-state index in [1.54, 1.807) is 30.5 Å². The molecule has 1 aromatic carbocycles. The number of nitrogens with zero attached hydrogens (tertiary/aromatic N) is 3. The van der Waals surface area contributed by atoms with E-state index in [2.05, 4.69) is 15.6 Å². The molecule has 1 fully saturated rings. The number of carbonyl (C=O) groups excluding carboxylic acids is 1. The quantitative estimate of drug-likeness (QED) is 0.843. The number of benzene rings is 1. The summed E-state index contributed by atoms with van der Waals surface area (Å²) in [6.45, 7) is 0.979. The maximum absolute atomic E-state index is 12.5. The van der Waals surface area contributed by atoms with Gasteiger partial charge in [0, 0.05) is 18.1 Å². The van der Waals surface area contributed by atoms with E-state index in [4.69, 9.17) is 4.74 Å². The maximum Gasteiger partial charge on any atom is 0.326 e. The predicted octanol–water partition coefficient (Wildman–Crippen LogP) is 0.877. The second-order valence-corrected chi connectivity index (χ2v) is 5.66. The molecule has 8 heteroatoms. The first-order valence-electron chi connectivity index (χ1n) is 7.73. The summed E-state index contributed by atoms with van der Waals surface area (Å²) < 4.78 is 6.86. The van der Waals surface area contributed by atoms with Crippen molar-refractivity contribution in [2.75, 3.05) is 13.2 Å². The summed E-state index contributed by atoms with van der Waals surface area (Å²) in [5.41, 5.74) is 1.04. The van der Waals surface area contributed by atoms with Gasteiger partial charge in [-0.2, -0.15) is 0 Å². The lowest BCUT2D eigenvalue weighted by molar-refractivity contribution is -0.142. The number of hydrogen-bond acceptors (Lipinski definition) is 5. The third kappa shape index (κ3) is 3.60. The largest absolute Gasteiger partial charge is 0.480 e. The van der Waals surface area contributed by atoms with Crippen molar-refractivity contribution in [2.45, 2.75) is 18.9 Å². The molecule has 1 aliphatic heterocycles. The van der Waals surface area contributed by atoms with Crippen LogP contribution in [0.3, 0.4) is 0 Å². The highest BCUT2D eigenvalue weighted by Gasteiger charge is 2.31. The molecule has 126 valence electrons. The molecule has 2 aromatic rings. The van der Waals surface area contributed by atoms with Crippen molar-refractivity contribution in [2.24, 2.45) is 5.92 Å². The Kier molecular flexibility index (Phi) is 4.85. The molecule has 0 aliphatic carbocycles. The molecule has 1 aliphatic rings. The van der Waals surface area contributed by atoms with Crippen LogP contribution < -0.4 is 5.32 Å². The first-order chi connectivity index (χ1) is 11.6. The van der Waals surface area contributed by atoms with E-state index in [0.29, 0.717) is 24.5 Å². The van der Waals surface area contributed by atoms with Crippen LogP contribution in [0.4, 0.5) is 0 Å². The van der Waals surface area contributed by atoms with Crippen molar-refractivity contribution in [3.05, 3.63) is 42.2 Å². The zero-order valence-electron chi connectivity index (χ0n) is 13.0. The second-order valence-electron chi connectivity index (χ2n) is 5.66. The zero-order valence-corrected chi connectivity index (χ0v) is 13.0. The third-order valence-corrected chi connectivity index (χ3v) is 4.01. The van der Waals surface area contributed by atoms with E-state index < -0.39 is 17.9 Å². The van der Waals surface area contributed by atoms with Gasteiger partial charge in [-0.1, -0.05) is 11.3 Å². The Morgan fingerprint density at radius 2 is 2.29 bits per heavy atom. The zero-order chi connectivity index (χ0) is 16.9. The molecule has 2 heterocycles. The molecule has 0 radical (unpaired) electrons. The molecule has 3 rings (SSSR count). The normalized spacial score (nSPS) is 18.8. The van der Waals surface area contributed by atoms with Gasteiger partial charge < -0.3 is 15.2 Å². The average molecular weight is 330 g/mol. The minimum Gasteiger partial charge on any atom is -0.480 e. The highest BCUT2D eigenvalue weighted by molar-refractivity contribution is 5.97. The maximum atomic E-state index is 12.5. The summed E-state index contributed by atoms with van der Waals surface area (Å²) in [6, 6.07) is 5.81. The molecule has 2 atom stereocenters. The van der Waals surface area contributed by atoms with Crippen LogP contribution in [0.5, 0.6) is 0 Å². The number of carbonyl (C=O) groups is 2. The van der Waals surface area contributed by atoms with Crippen LogP contribution in [0.25, 0.3) is 5.69 Å². The standard InChI is InChI=1S/C16H18N4O4/c21-15(18-14(16(22)23)12-4-2-8-24-10-12)11-3-1-5-13(9-11)20-7-6-17-19-20/h1,3,5-7,9,12,14H,2,4,8,10H2,(H,18,21)(H,22,23)/t12-,14+/m1/s1. The highest BCUT2D eigenvalue weighted by Crippen LogP contribution is 2.18. The molecular formula is C16H18N4O4. The number of ether oxygens (including phenoxy) is 1. The van der Waals surface area contributed by atoms with Crippen molar-refractivity contribution < 1.29 is 19.4 Å². The lowest BCUT2D eigenvalue weighted by atomic mass is 9.93. The van der Waals surface area contributed by atoms with Gasteiger partial charge in [-0.3, -0.25) is 4.79 Å². The van der Waals surface area contributed by atoms with Crippen molar-refractivity contribution in [3.63, 3.8) is 0 Å². The van der Waals surface area contributed by atoms with Crippen LogP contribution in [0.15, 0.2) is 36.7 Å². The number of aromatic nitrogens is 3. The van der Waals surface area contributed by atoms with Gasteiger partial charge in [-0.15, -0.1) is 5.10 Å². The number of rotatable bonds is 5. The van der Waals surface area contributed by atoms with Crippen LogP contribution in [0.2, 0.25) is 0 Å². The molecule has 0 spiro atoms. The summed E-state index contributed by atoms with van der Waals surface area (Å²) in [5, 5.41) is 19.6. The lowest BCUT2D eigenvalue weighted by Crippen LogP contribution is -2.48. The van der Waals surface area contributed by atoms with Gasteiger partial charge in [0.05, 0.1) is 24.7 Å². The predicted molar refractivity (Wildman–Crippen MR) is 83.8 cm³/mol. The summed E-state index contributed by atoms with van der Waals surface area (Å²) >= 11 is 0. The molecule has 0 unspecified atom stereocenters. The number of carboxylic acids is 1. The number of carboxylic acid groups (broad SMARTS) is 1. The van der Waals surface area contributed by atoms with E-state index in [-0.39, 0.29) is 5.92 Å². The SMILES string of the molecule is O=C(N[C@H](C(=O)O)[C@@H]1CCCOC1)c1cccc(-n2ccnn2)c1. The number of aliphatic carboxylic acids is 1. The number of amides is 1. The van der Waals surface area contributed by atoms with Gasteiger partial charge in [-0.25, -0.2) is 9.48 Å². The summed E-state index contributed by atoms with van der Waals surface area (Å²) in [5.74, 6) is -1.71. The summed E-state index contributed by atoms with van der Waals surface area (Å²) in [4.78, 5) is 24.0. The van der Waals surface area contributed by atoms with E-state index in [0.717, 1.165) is 12.8 Å². The average Bonchev–Trinajstić information content (AvgIpc) is 3.15. The summed E-state index contributed by atoms with van der Waals surface area (Å²) in [6.07, 6.45) is 4.72. The fraction of sp³-hybridized carbons (Fsp3) is 0.375. The third-order valence-electron chi connectivity index (χ3n) is 4.01. The number of hydrogen-bond donors (Lipinski definition) is 2. The minimum atomic E-state index is -1.05. The van der Waals surface area contributed by atoms with Gasteiger partial charge >= 0.3 is 5.97 Å². The fourth-order valence-electron chi connectivity index (χ4n) is 2.77. The smallest absolute Gasteiger partial charge is 0.326 e. The first kappa shape index (κ1) is 16.1. The van der Waals surface area contributed by atoms with Gasteiger partial charge in [0.25, 0.3) is 5.91 Å². The molecule has 1 amide bonds. The van der Waals surface area contributed by atoms with E-state index in [9.17, 15) is 14.7 Å². The van der Waals surface area contributed by atoms with Crippen molar-refractivity contribution >= 4 is 11.9 Å². The van der Waals surface area contributed by atoms with Crippen LogP contribution in [0, 0.1) is 5.92 Å². The Labute approximate surface area is 138 Å². The van der Waals surface area contributed by atoms with Crippen LogP contribution in [-0.2, 0) is 9.53 Å². The lowest BCUT2D eigenvalue weighted by Gasteiger charge is -2.28. The first-order valence-corrected chi connectivity index (χ1v) is 7.73. The Hall–Kier alpha value is -2.74. The van der Waals surface area contributed by atoms with E-state index >= 15 is 0 Å². The fourth-order valence-corrected chi connectivity index (χ4v) is 2.77. The summed E-state index contributed by atoms with van der Waals surface area (Å²) in [7, 11) is 0. The highest BCUT2D eigenvalue weighted by atomic mass is 16.5. The molecule has 2 N–H and O–H groups in total. The van der Waals surface area contributed by atoms with Crippen molar-refractivity contribution in [1.82, 2.24) is 20.3 Å². The topological polar surface area (TPSA) is 106 Å². The van der Waals surface area contributed by atoms with Gasteiger partial charge in [0.1, 0.15) is 6.04 Å². The monoisotopic (exact) mass is 330 g/mol. The van der Waals surface area contributed by atoms with Crippen LogP contribution in [0.1, 0.15) is 23.2 Å². The Balaban J connectivity index is 1.75. The molecule has 0 saturated carbocycles. The second kappa shape index (κ2) is 7.22. The molecule has 1 aromatic heterocycles. The molecule has 8 nitrogen and oxygen atoms in total. The van der Waals surface area contributed by atoms with E-state index in [1.807, 2.05) is 0 Å². The Morgan fingerprint density at radius 3 is 2.96 bits per heavy atom. The van der Waals surface area contributed by atoms with Crippen LogP contribution >= 0.6 is 0 Å². The van der Waals surface area contributed by atoms with Crippen molar-refractivity contribution in [3.8, 4) is 5.69 Å². The van der Waals surface area contributed by atoms with Gasteiger partial charge in [-0.05, 0) is 31.0 Å². The molecule has 0 bridgehead atoms. The van der Waals surface area contributed by atoms with Gasteiger partial charge in [0.2, 0.25) is 0 Å². The minimum absolute atomic E-state index is 0.223. The van der Waals surface area contributed by atoms with Gasteiger partial charge in [0.15, 0.2) is 0 Å². The molecule has 1 saturated heterocycles. The molecular weight excluding hydrogens is 312 g/mol. The van der Waals surface area contributed by atoms with Crippen LogP contribution in [-0.4, -0.2) is 51.2 Å². The number of nitrogens with one attached hydrogen (secondary N) is 1. The Bertz CT molecular complexity index is 711. The van der Waals surface area contributed by atoms with E-state index in [1.165, 1.54) is 10.9 Å².